The minimum absolute atomic E-state index is 0.0219. The molecule has 0 amide bonds. The second kappa shape index (κ2) is 5.46. The van der Waals surface area contributed by atoms with E-state index in [2.05, 4.69) is 22.1 Å². The summed E-state index contributed by atoms with van der Waals surface area (Å²) in [6.07, 6.45) is 1.79. The van der Waals surface area contributed by atoms with Crippen molar-refractivity contribution < 1.29 is 8.42 Å². The van der Waals surface area contributed by atoms with E-state index >= 15 is 0 Å². The summed E-state index contributed by atoms with van der Waals surface area (Å²) in [5.41, 5.74) is 1.16. The number of hydrogen-bond donors (Lipinski definition) is 1. The van der Waals surface area contributed by atoms with E-state index in [1.807, 2.05) is 26.1 Å². The van der Waals surface area contributed by atoms with Crippen molar-refractivity contribution in [2.24, 2.45) is 0 Å². The van der Waals surface area contributed by atoms with E-state index in [-0.39, 0.29) is 23.6 Å². The van der Waals surface area contributed by atoms with Gasteiger partial charge in [0.15, 0.2) is 9.84 Å². The molecule has 6 heteroatoms. The second-order valence-corrected chi connectivity index (χ2v) is 7.34. The van der Waals surface area contributed by atoms with Gasteiger partial charge in [-0.1, -0.05) is 0 Å². The van der Waals surface area contributed by atoms with Crippen LogP contribution in [0.5, 0.6) is 0 Å². The molecule has 0 spiro atoms. The molecule has 0 bridgehead atoms. The predicted molar refractivity (Wildman–Crippen MR) is 77.2 cm³/mol. The fourth-order valence-corrected chi connectivity index (χ4v) is 3.92. The Labute approximate surface area is 114 Å². The topological polar surface area (TPSA) is 62.3 Å². The number of rotatable bonds is 3. The van der Waals surface area contributed by atoms with E-state index in [4.69, 9.17) is 0 Å². The van der Waals surface area contributed by atoms with Crippen molar-refractivity contribution in [3.05, 3.63) is 23.9 Å². The lowest BCUT2D eigenvalue weighted by Crippen LogP contribution is -2.47. The van der Waals surface area contributed by atoms with Gasteiger partial charge in [-0.05, 0) is 38.6 Å². The molecule has 0 saturated carbocycles. The molecule has 2 heterocycles. The lowest BCUT2D eigenvalue weighted by Gasteiger charge is -2.34. The normalized spacial score (nSPS) is 24.2. The number of nitrogens with one attached hydrogen (secondary N) is 1. The van der Waals surface area contributed by atoms with E-state index in [0.29, 0.717) is 6.54 Å². The van der Waals surface area contributed by atoms with E-state index in [9.17, 15) is 8.42 Å². The molecule has 2 unspecified atom stereocenters. The van der Waals surface area contributed by atoms with Crippen molar-refractivity contribution in [2.45, 2.75) is 25.9 Å². The summed E-state index contributed by atoms with van der Waals surface area (Å²) in [5.74, 6) is 1.28. The van der Waals surface area contributed by atoms with Crippen molar-refractivity contribution in [2.75, 3.05) is 30.0 Å². The number of anilines is 1. The first kappa shape index (κ1) is 14.3. The highest BCUT2D eigenvalue weighted by Crippen LogP contribution is 2.22. The molecule has 2 atom stereocenters. The van der Waals surface area contributed by atoms with Gasteiger partial charge in [0.2, 0.25) is 0 Å². The summed E-state index contributed by atoms with van der Waals surface area (Å²) in [7, 11) is -0.968. The van der Waals surface area contributed by atoms with E-state index < -0.39 is 9.84 Å². The Hall–Kier alpha value is -1.14. The van der Waals surface area contributed by atoms with Crippen LogP contribution in [-0.2, 0) is 9.84 Å². The number of nitrogens with zero attached hydrogens (tertiary/aromatic N) is 2. The summed E-state index contributed by atoms with van der Waals surface area (Å²) in [6, 6.07) is 4.25. The largest absolute Gasteiger partial charge is 0.352 e. The first-order valence-electron chi connectivity index (χ1n) is 6.53. The maximum absolute atomic E-state index is 11.6. The van der Waals surface area contributed by atoms with Crippen molar-refractivity contribution in [1.29, 1.82) is 0 Å². The minimum Gasteiger partial charge on any atom is -0.352 e. The third kappa shape index (κ3) is 3.25. The fourth-order valence-electron chi connectivity index (χ4n) is 2.37. The number of pyridine rings is 1. The SMILES string of the molecule is CNC(C)c1ccnc(N2CCS(=O)(=O)CC2C)c1. The van der Waals surface area contributed by atoms with E-state index in [1.165, 1.54) is 0 Å². The molecule has 106 valence electrons. The van der Waals surface area contributed by atoms with Crippen LogP contribution in [0.1, 0.15) is 25.5 Å². The highest BCUT2D eigenvalue weighted by molar-refractivity contribution is 7.91. The zero-order valence-electron chi connectivity index (χ0n) is 11.6. The zero-order chi connectivity index (χ0) is 14.0. The smallest absolute Gasteiger partial charge is 0.154 e. The Kier molecular flexibility index (Phi) is 4.10. The van der Waals surface area contributed by atoms with Gasteiger partial charge in [0.25, 0.3) is 0 Å². The van der Waals surface area contributed by atoms with Gasteiger partial charge in [-0.2, -0.15) is 0 Å². The maximum Gasteiger partial charge on any atom is 0.154 e. The van der Waals surface area contributed by atoms with Crippen LogP contribution >= 0.6 is 0 Å². The molecule has 0 radical (unpaired) electrons. The summed E-state index contributed by atoms with van der Waals surface area (Å²) in [6.45, 7) is 4.55. The van der Waals surface area contributed by atoms with Crippen molar-refractivity contribution in [1.82, 2.24) is 10.3 Å². The Bertz CT molecular complexity index is 545. The lowest BCUT2D eigenvalue weighted by molar-refractivity contribution is 0.566. The first-order valence-corrected chi connectivity index (χ1v) is 8.35. The molecule has 1 N–H and O–H groups in total. The highest BCUT2D eigenvalue weighted by Gasteiger charge is 2.29. The summed E-state index contributed by atoms with van der Waals surface area (Å²) in [4.78, 5) is 6.46. The number of hydrogen-bond acceptors (Lipinski definition) is 5. The molecule has 1 aromatic heterocycles. The summed E-state index contributed by atoms with van der Waals surface area (Å²) in [5, 5.41) is 3.19. The first-order chi connectivity index (χ1) is 8.93. The molecule has 2 rings (SSSR count). The third-order valence-electron chi connectivity index (χ3n) is 3.67. The molecule has 1 aliphatic rings. The second-order valence-electron chi connectivity index (χ2n) is 5.11. The lowest BCUT2D eigenvalue weighted by atomic mass is 10.1. The summed E-state index contributed by atoms with van der Waals surface area (Å²) >= 11 is 0. The van der Waals surface area contributed by atoms with Crippen LogP contribution < -0.4 is 10.2 Å². The maximum atomic E-state index is 11.6. The molecule has 1 aliphatic heterocycles. The van der Waals surface area contributed by atoms with Crippen LogP contribution in [0.15, 0.2) is 18.3 Å². The summed E-state index contributed by atoms with van der Waals surface area (Å²) < 4.78 is 23.2. The van der Waals surface area contributed by atoms with Crippen LogP contribution in [-0.4, -0.2) is 44.5 Å². The van der Waals surface area contributed by atoms with Crippen LogP contribution in [0, 0.1) is 0 Å². The van der Waals surface area contributed by atoms with Gasteiger partial charge in [0.1, 0.15) is 5.82 Å². The molecule has 19 heavy (non-hydrogen) atoms. The molecular formula is C13H21N3O2S. The van der Waals surface area contributed by atoms with Gasteiger partial charge in [0.05, 0.1) is 11.5 Å². The average molecular weight is 283 g/mol. The standard InChI is InChI=1S/C13H21N3O2S/c1-10-9-19(17,18)7-6-16(10)13-8-12(4-5-15-13)11(2)14-3/h4-5,8,10-11,14H,6-7,9H2,1-3H3. The van der Waals surface area contributed by atoms with Gasteiger partial charge in [0, 0.05) is 24.8 Å². The van der Waals surface area contributed by atoms with Gasteiger partial charge in [-0.3, -0.25) is 0 Å². The van der Waals surface area contributed by atoms with Crippen LogP contribution in [0.25, 0.3) is 0 Å². The molecule has 5 nitrogen and oxygen atoms in total. The molecule has 0 aromatic carbocycles. The van der Waals surface area contributed by atoms with Crippen molar-refractivity contribution in [3.63, 3.8) is 0 Å². The molecule has 0 aliphatic carbocycles. The molecule has 1 fully saturated rings. The van der Waals surface area contributed by atoms with Gasteiger partial charge < -0.3 is 10.2 Å². The molecule has 1 aromatic rings. The van der Waals surface area contributed by atoms with Gasteiger partial charge in [-0.15, -0.1) is 0 Å². The number of aromatic nitrogens is 1. The Balaban J connectivity index is 2.23. The predicted octanol–water partition coefficient (Wildman–Crippen LogP) is 0.985. The Morgan fingerprint density at radius 1 is 1.53 bits per heavy atom. The Morgan fingerprint density at radius 2 is 2.26 bits per heavy atom. The van der Waals surface area contributed by atoms with Crippen LogP contribution in [0.2, 0.25) is 0 Å². The van der Waals surface area contributed by atoms with E-state index in [1.54, 1.807) is 6.20 Å². The van der Waals surface area contributed by atoms with Crippen LogP contribution in [0.3, 0.4) is 0 Å². The van der Waals surface area contributed by atoms with Crippen LogP contribution in [0.4, 0.5) is 5.82 Å². The third-order valence-corrected chi connectivity index (χ3v) is 5.46. The van der Waals surface area contributed by atoms with Crippen molar-refractivity contribution in [3.8, 4) is 0 Å². The monoisotopic (exact) mass is 283 g/mol. The van der Waals surface area contributed by atoms with Crippen molar-refractivity contribution >= 4 is 15.7 Å². The molecular weight excluding hydrogens is 262 g/mol. The number of sulfone groups is 1. The highest BCUT2D eigenvalue weighted by atomic mass is 32.2. The average Bonchev–Trinajstić information content (AvgIpc) is 2.37. The van der Waals surface area contributed by atoms with E-state index in [0.717, 1.165) is 11.4 Å². The molecule has 1 saturated heterocycles. The van der Waals surface area contributed by atoms with Gasteiger partial charge in [-0.25, -0.2) is 13.4 Å². The quantitative estimate of drug-likeness (QED) is 0.896. The fraction of sp³-hybridized carbons (Fsp3) is 0.615. The zero-order valence-corrected chi connectivity index (χ0v) is 12.4. The minimum atomic E-state index is -2.89. The van der Waals surface area contributed by atoms with Gasteiger partial charge >= 0.3 is 0 Å². The Morgan fingerprint density at radius 3 is 2.89 bits per heavy atom.